The molecular formula is C23H19F2N3O3S2. The van der Waals surface area contributed by atoms with E-state index in [-0.39, 0.29) is 41.5 Å². The van der Waals surface area contributed by atoms with E-state index in [9.17, 15) is 22.0 Å². The fraction of sp³-hybridized carbons (Fsp3) is 0.174. The van der Waals surface area contributed by atoms with E-state index in [0.717, 1.165) is 12.1 Å². The molecule has 0 aliphatic carbocycles. The molecule has 2 aromatic heterocycles. The van der Waals surface area contributed by atoms with Gasteiger partial charge >= 0.3 is 0 Å². The molecule has 0 bridgehead atoms. The highest BCUT2D eigenvalue weighted by Gasteiger charge is 2.23. The zero-order valence-corrected chi connectivity index (χ0v) is 19.0. The monoisotopic (exact) mass is 487 g/mol. The van der Waals surface area contributed by atoms with Crippen LogP contribution in [-0.2, 0) is 21.2 Å². The van der Waals surface area contributed by atoms with Gasteiger partial charge in [0.2, 0.25) is 5.91 Å². The van der Waals surface area contributed by atoms with E-state index < -0.39 is 21.5 Å². The van der Waals surface area contributed by atoms with Crippen LogP contribution in [0.25, 0.3) is 10.2 Å². The van der Waals surface area contributed by atoms with Crippen LogP contribution < -0.4 is 4.90 Å². The maximum absolute atomic E-state index is 14.1. The van der Waals surface area contributed by atoms with Gasteiger partial charge in [-0.05, 0) is 55.0 Å². The summed E-state index contributed by atoms with van der Waals surface area (Å²) in [5.41, 5.74) is 0.791. The second-order valence-corrected chi connectivity index (χ2v) is 10.4. The molecule has 4 rings (SSSR count). The van der Waals surface area contributed by atoms with Crippen molar-refractivity contribution in [3.05, 3.63) is 84.2 Å². The minimum absolute atomic E-state index is 0.00309. The zero-order chi connectivity index (χ0) is 23.4. The molecule has 0 fully saturated rings. The Labute approximate surface area is 193 Å². The summed E-state index contributed by atoms with van der Waals surface area (Å²) < 4.78 is 52.8. The van der Waals surface area contributed by atoms with Crippen molar-refractivity contribution in [2.24, 2.45) is 0 Å². The first kappa shape index (κ1) is 22.9. The third-order valence-electron chi connectivity index (χ3n) is 4.91. The van der Waals surface area contributed by atoms with Gasteiger partial charge in [-0.25, -0.2) is 22.2 Å². The predicted octanol–water partition coefficient (Wildman–Crippen LogP) is 4.76. The lowest BCUT2D eigenvalue weighted by atomic mass is 10.2. The van der Waals surface area contributed by atoms with Crippen molar-refractivity contribution in [3.63, 3.8) is 0 Å². The number of nitrogens with zero attached hydrogens (tertiary/aromatic N) is 3. The summed E-state index contributed by atoms with van der Waals surface area (Å²) in [5, 5.41) is 0.312. The molecule has 0 atom stereocenters. The van der Waals surface area contributed by atoms with Gasteiger partial charge in [-0.3, -0.25) is 14.7 Å². The van der Waals surface area contributed by atoms with E-state index in [4.69, 9.17) is 0 Å². The molecule has 170 valence electrons. The zero-order valence-electron chi connectivity index (χ0n) is 17.3. The van der Waals surface area contributed by atoms with Gasteiger partial charge in [-0.1, -0.05) is 23.5 Å². The molecule has 33 heavy (non-hydrogen) atoms. The van der Waals surface area contributed by atoms with Crippen LogP contribution in [0.5, 0.6) is 0 Å². The molecule has 0 unspecified atom stereocenters. The minimum Gasteiger partial charge on any atom is -0.282 e. The highest BCUT2D eigenvalue weighted by Crippen LogP contribution is 2.31. The number of rotatable bonds is 8. The first-order valence-electron chi connectivity index (χ1n) is 10.1. The van der Waals surface area contributed by atoms with E-state index in [1.165, 1.54) is 34.4 Å². The number of aromatic nitrogens is 2. The van der Waals surface area contributed by atoms with Crippen molar-refractivity contribution in [1.82, 2.24) is 9.97 Å². The van der Waals surface area contributed by atoms with Crippen molar-refractivity contribution < 1.29 is 22.0 Å². The number of thiazole rings is 1. The Kier molecular flexibility index (Phi) is 6.75. The van der Waals surface area contributed by atoms with E-state index in [1.54, 1.807) is 36.5 Å². The van der Waals surface area contributed by atoms with Crippen LogP contribution in [0.3, 0.4) is 0 Å². The normalized spacial score (nSPS) is 11.6. The Morgan fingerprint density at radius 1 is 1.00 bits per heavy atom. The highest BCUT2D eigenvalue weighted by atomic mass is 32.2. The average Bonchev–Trinajstić information content (AvgIpc) is 3.23. The Morgan fingerprint density at radius 2 is 1.79 bits per heavy atom. The molecule has 0 aliphatic heterocycles. The number of amides is 1. The number of carbonyl (C=O) groups is 1. The van der Waals surface area contributed by atoms with Gasteiger partial charge in [0.25, 0.3) is 0 Å². The van der Waals surface area contributed by atoms with Gasteiger partial charge in [0.05, 0.1) is 27.6 Å². The number of benzene rings is 2. The number of para-hydroxylation sites is 1. The van der Waals surface area contributed by atoms with E-state index in [2.05, 4.69) is 9.97 Å². The lowest BCUT2D eigenvalue weighted by Gasteiger charge is -2.19. The summed E-state index contributed by atoms with van der Waals surface area (Å²) >= 11 is 1.18. The SMILES string of the molecule is O=C(CCCS(=O)(=O)c1ccc(F)cc1)N(Cc1ccccn1)c1nc2c(F)cccc2s1. The number of sulfone groups is 1. The lowest BCUT2D eigenvalue weighted by molar-refractivity contribution is -0.118. The molecule has 4 aromatic rings. The van der Waals surface area contributed by atoms with Crippen LogP contribution in [0.1, 0.15) is 18.5 Å². The molecule has 1 amide bonds. The van der Waals surface area contributed by atoms with Crippen molar-refractivity contribution in [2.45, 2.75) is 24.3 Å². The van der Waals surface area contributed by atoms with E-state index in [0.29, 0.717) is 15.5 Å². The summed E-state index contributed by atoms with van der Waals surface area (Å²) in [5.74, 6) is -1.63. The number of pyridine rings is 1. The van der Waals surface area contributed by atoms with Crippen molar-refractivity contribution in [3.8, 4) is 0 Å². The highest BCUT2D eigenvalue weighted by molar-refractivity contribution is 7.91. The van der Waals surface area contributed by atoms with Crippen LogP contribution in [0.2, 0.25) is 0 Å². The average molecular weight is 488 g/mol. The van der Waals surface area contributed by atoms with Gasteiger partial charge in [0.1, 0.15) is 17.2 Å². The number of halogens is 2. The molecule has 0 radical (unpaired) electrons. The molecule has 0 saturated heterocycles. The molecule has 0 spiro atoms. The predicted molar refractivity (Wildman–Crippen MR) is 123 cm³/mol. The second kappa shape index (κ2) is 9.72. The molecule has 6 nitrogen and oxygen atoms in total. The quantitative estimate of drug-likeness (QED) is 0.335. The van der Waals surface area contributed by atoms with Gasteiger partial charge in [-0.2, -0.15) is 0 Å². The van der Waals surface area contributed by atoms with Gasteiger partial charge in [-0.15, -0.1) is 0 Å². The first-order valence-corrected chi connectivity index (χ1v) is 12.5. The van der Waals surface area contributed by atoms with Crippen LogP contribution in [0.15, 0.2) is 71.8 Å². The van der Waals surface area contributed by atoms with Crippen LogP contribution in [-0.4, -0.2) is 30.0 Å². The number of anilines is 1. The van der Waals surface area contributed by atoms with E-state index >= 15 is 0 Å². The Bertz CT molecular complexity index is 1380. The Balaban J connectivity index is 1.53. The third kappa shape index (κ3) is 5.40. The molecule has 0 N–H and O–H groups in total. The molecular weight excluding hydrogens is 468 g/mol. The van der Waals surface area contributed by atoms with Gasteiger partial charge in [0.15, 0.2) is 15.0 Å². The summed E-state index contributed by atoms with van der Waals surface area (Å²) in [6.45, 7) is 0.117. The summed E-state index contributed by atoms with van der Waals surface area (Å²) in [6, 6.07) is 14.5. The van der Waals surface area contributed by atoms with Crippen LogP contribution in [0.4, 0.5) is 13.9 Å². The topological polar surface area (TPSA) is 80.2 Å². The van der Waals surface area contributed by atoms with Crippen molar-refractivity contribution in [1.29, 1.82) is 0 Å². The molecule has 0 aliphatic rings. The summed E-state index contributed by atoms with van der Waals surface area (Å²) in [6.07, 6.45) is 1.60. The number of carbonyl (C=O) groups excluding carboxylic acids is 1. The maximum Gasteiger partial charge on any atom is 0.229 e. The number of fused-ring (bicyclic) bond motifs is 1. The summed E-state index contributed by atoms with van der Waals surface area (Å²) in [4.78, 5) is 23.1. The van der Waals surface area contributed by atoms with E-state index in [1.807, 2.05) is 0 Å². The number of hydrogen-bond acceptors (Lipinski definition) is 6. The second-order valence-electron chi connectivity index (χ2n) is 7.26. The third-order valence-corrected chi connectivity index (χ3v) is 7.77. The first-order chi connectivity index (χ1) is 15.8. The standard InChI is InChI=1S/C23H19F2N3O3S2/c24-16-9-11-18(12-10-16)33(30,31)14-4-8-21(29)28(15-17-5-1-2-13-26-17)23-27-22-19(25)6-3-7-20(22)32-23/h1-3,5-7,9-13H,4,8,14-15H2. The number of hydrogen-bond donors (Lipinski definition) is 0. The van der Waals surface area contributed by atoms with Gasteiger partial charge in [0, 0.05) is 12.6 Å². The molecule has 10 heteroatoms. The van der Waals surface area contributed by atoms with Gasteiger partial charge < -0.3 is 0 Å². The Morgan fingerprint density at radius 3 is 2.48 bits per heavy atom. The maximum atomic E-state index is 14.1. The smallest absolute Gasteiger partial charge is 0.229 e. The minimum atomic E-state index is -3.66. The Hall–Kier alpha value is -3.24. The van der Waals surface area contributed by atoms with Crippen molar-refractivity contribution >= 4 is 42.4 Å². The molecule has 2 heterocycles. The molecule has 2 aromatic carbocycles. The fourth-order valence-corrected chi connectivity index (χ4v) is 5.55. The fourth-order valence-electron chi connectivity index (χ4n) is 3.24. The van der Waals surface area contributed by atoms with Crippen LogP contribution >= 0.6 is 11.3 Å². The van der Waals surface area contributed by atoms with Crippen molar-refractivity contribution in [2.75, 3.05) is 10.7 Å². The van der Waals surface area contributed by atoms with Crippen LogP contribution in [0, 0.1) is 11.6 Å². The largest absolute Gasteiger partial charge is 0.282 e. The lowest BCUT2D eigenvalue weighted by Crippen LogP contribution is -2.30. The molecule has 0 saturated carbocycles. The summed E-state index contributed by atoms with van der Waals surface area (Å²) in [7, 11) is -3.66.